The molecule has 4 aromatic carbocycles. The second-order valence-electron chi connectivity index (χ2n) is 19.7. The number of fused-ring (bicyclic) bond motifs is 4. The van der Waals surface area contributed by atoms with Gasteiger partial charge in [-0.3, -0.25) is 28.8 Å². The van der Waals surface area contributed by atoms with Crippen molar-refractivity contribution < 1.29 is 28.8 Å². The van der Waals surface area contributed by atoms with Crippen LogP contribution in [-0.4, -0.2) is 47.0 Å². The molecule has 0 atom stereocenters. The first-order chi connectivity index (χ1) is 27.0. The second kappa shape index (κ2) is 15.3. The highest BCUT2D eigenvalue weighted by atomic mass is 16.2. The van der Waals surface area contributed by atoms with Crippen LogP contribution in [-0.2, 0) is 9.59 Å². The second-order valence-corrected chi connectivity index (χ2v) is 19.7. The van der Waals surface area contributed by atoms with Crippen LogP contribution in [0.3, 0.4) is 0 Å². The predicted molar refractivity (Wildman–Crippen MR) is 229 cm³/mol. The number of carbonyl (C=O) groups is 6. The molecule has 0 saturated carbocycles. The van der Waals surface area contributed by atoms with Crippen LogP contribution in [0.25, 0.3) is 11.1 Å². The number of hydrogen-bond donors (Lipinski definition) is 3. The summed E-state index contributed by atoms with van der Waals surface area (Å²) in [5.74, 6) is -2.49. The summed E-state index contributed by atoms with van der Waals surface area (Å²) in [5.41, 5.74) is 1.33. The van der Waals surface area contributed by atoms with E-state index >= 15 is 0 Å². The zero-order chi connectivity index (χ0) is 42.5. The Labute approximate surface area is 341 Å². The van der Waals surface area contributed by atoms with Gasteiger partial charge in [0.25, 0.3) is 0 Å². The van der Waals surface area contributed by atoms with Gasteiger partial charge in [0.05, 0.1) is 29.0 Å². The fraction of sp³-hybridized carbons (Fsp3) is 0.388. The van der Waals surface area contributed by atoms with E-state index in [9.17, 15) is 28.8 Å². The number of hydrogen-bond acceptors (Lipinski definition) is 7. The zero-order valence-corrected chi connectivity index (χ0v) is 35.4. The molecule has 0 fully saturated rings. The van der Waals surface area contributed by atoms with Gasteiger partial charge in [0.15, 0.2) is 23.1 Å². The first-order valence-electron chi connectivity index (χ1n) is 20.0. The van der Waals surface area contributed by atoms with Gasteiger partial charge in [-0.05, 0) is 72.6 Å². The molecule has 0 bridgehead atoms. The van der Waals surface area contributed by atoms with Crippen molar-refractivity contribution in [2.24, 2.45) is 16.2 Å². The summed E-state index contributed by atoms with van der Waals surface area (Å²) in [5, 5.41) is 9.13. The van der Waals surface area contributed by atoms with Crippen LogP contribution in [0.5, 0.6) is 0 Å². The molecular formula is C49H55N3O6. The van der Waals surface area contributed by atoms with Crippen LogP contribution in [0.2, 0.25) is 0 Å². The minimum absolute atomic E-state index is 0.00230. The molecule has 58 heavy (non-hydrogen) atoms. The normalized spacial score (nSPS) is 14.0. The number of ketones is 4. The van der Waals surface area contributed by atoms with Gasteiger partial charge in [-0.25, -0.2) is 0 Å². The Morgan fingerprint density at radius 2 is 0.845 bits per heavy atom. The number of benzene rings is 4. The fourth-order valence-electron chi connectivity index (χ4n) is 9.19. The van der Waals surface area contributed by atoms with E-state index in [1.54, 1.807) is 72.8 Å². The van der Waals surface area contributed by atoms with Crippen molar-refractivity contribution in [2.45, 2.75) is 100 Å². The maximum atomic E-state index is 14.6. The van der Waals surface area contributed by atoms with Crippen molar-refractivity contribution in [2.75, 3.05) is 17.2 Å². The Hall–Kier alpha value is -5.54. The fourth-order valence-corrected chi connectivity index (χ4v) is 9.19. The van der Waals surface area contributed by atoms with Crippen LogP contribution >= 0.6 is 0 Å². The molecule has 0 radical (unpaired) electrons. The molecule has 0 heterocycles. The average molecular weight is 782 g/mol. The third kappa shape index (κ3) is 8.80. The molecule has 3 N–H and O–H groups in total. The third-order valence-corrected chi connectivity index (χ3v) is 10.7. The highest BCUT2D eigenvalue weighted by Crippen LogP contribution is 2.44. The van der Waals surface area contributed by atoms with Gasteiger partial charge < -0.3 is 16.0 Å². The molecule has 0 unspecified atom stereocenters. The molecular weight excluding hydrogens is 727 g/mol. The maximum absolute atomic E-state index is 14.6. The summed E-state index contributed by atoms with van der Waals surface area (Å²) in [7, 11) is 0. The summed E-state index contributed by atoms with van der Waals surface area (Å²) in [6.45, 7) is 21.2. The molecule has 2 aliphatic carbocycles. The molecule has 9 heteroatoms. The summed E-state index contributed by atoms with van der Waals surface area (Å²) < 4.78 is 0. The molecule has 0 spiro atoms. The van der Waals surface area contributed by atoms with E-state index in [0.717, 1.165) is 12.8 Å². The SMILES string of the molecule is CC(C)(C)CC(C)(C)CCC(=O)Nc1ccc(-c2ccc(NC(=O)CNC(C)(C)CC(C)(C)C)c3c2C(=O)c2ccccc2C3=O)c2c1C(=O)c1ccccc1C2=O. The number of carbonyl (C=O) groups excluding carboxylic acids is 6. The van der Waals surface area contributed by atoms with Crippen LogP contribution < -0.4 is 16.0 Å². The molecule has 6 rings (SSSR count). The van der Waals surface area contributed by atoms with Crippen molar-refractivity contribution in [3.8, 4) is 11.1 Å². The Kier molecular flexibility index (Phi) is 11.1. The van der Waals surface area contributed by atoms with Crippen LogP contribution in [0, 0.1) is 16.2 Å². The summed E-state index contributed by atoms with van der Waals surface area (Å²) in [6.07, 6.45) is 2.53. The van der Waals surface area contributed by atoms with Gasteiger partial charge in [-0.1, -0.05) is 116 Å². The molecule has 9 nitrogen and oxygen atoms in total. The van der Waals surface area contributed by atoms with Crippen LogP contribution in [0.1, 0.15) is 159 Å². The zero-order valence-electron chi connectivity index (χ0n) is 35.4. The van der Waals surface area contributed by atoms with Crippen molar-refractivity contribution in [1.29, 1.82) is 0 Å². The van der Waals surface area contributed by atoms with Gasteiger partial charge in [-0.15, -0.1) is 0 Å². The van der Waals surface area contributed by atoms with E-state index in [2.05, 4.69) is 71.3 Å². The smallest absolute Gasteiger partial charge is 0.238 e. The maximum Gasteiger partial charge on any atom is 0.238 e. The summed E-state index contributed by atoms with van der Waals surface area (Å²) >= 11 is 0. The quantitative estimate of drug-likeness (QED) is 0.119. The third-order valence-electron chi connectivity index (χ3n) is 10.7. The van der Waals surface area contributed by atoms with E-state index in [4.69, 9.17) is 0 Å². The lowest BCUT2D eigenvalue weighted by molar-refractivity contribution is -0.117. The minimum Gasteiger partial charge on any atom is -0.325 e. The average Bonchev–Trinajstić information content (AvgIpc) is 3.12. The van der Waals surface area contributed by atoms with E-state index < -0.39 is 29.0 Å². The summed E-state index contributed by atoms with van der Waals surface area (Å²) in [6, 6.07) is 19.4. The lowest BCUT2D eigenvalue weighted by Crippen LogP contribution is -2.46. The van der Waals surface area contributed by atoms with E-state index in [1.807, 2.05) is 13.8 Å². The lowest BCUT2D eigenvalue weighted by Gasteiger charge is -2.33. The molecule has 4 aromatic rings. The molecule has 2 aliphatic rings. The summed E-state index contributed by atoms with van der Waals surface area (Å²) in [4.78, 5) is 84.9. The first-order valence-corrected chi connectivity index (χ1v) is 20.0. The molecule has 0 aliphatic heterocycles. The van der Waals surface area contributed by atoms with Gasteiger partial charge in [-0.2, -0.15) is 0 Å². The number of nitrogens with one attached hydrogen (secondary N) is 3. The van der Waals surface area contributed by atoms with Gasteiger partial charge in [0.2, 0.25) is 11.8 Å². The Balaban J connectivity index is 1.45. The van der Waals surface area contributed by atoms with Gasteiger partial charge in [0, 0.05) is 45.3 Å². The van der Waals surface area contributed by atoms with Crippen molar-refractivity contribution in [3.05, 3.63) is 117 Å². The Bertz CT molecular complexity index is 2220. The first kappa shape index (κ1) is 42.1. The molecule has 0 saturated heterocycles. The molecule has 2 amide bonds. The van der Waals surface area contributed by atoms with Crippen molar-refractivity contribution in [3.63, 3.8) is 0 Å². The van der Waals surface area contributed by atoms with E-state index in [0.29, 0.717) is 6.42 Å². The van der Waals surface area contributed by atoms with Gasteiger partial charge in [0.1, 0.15) is 0 Å². The van der Waals surface area contributed by atoms with Gasteiger partial charge >= 0.3 is 0 Å². The topological polar surface area (TPSA) is 139 Å². The van der Waals surface area contributed by atoms with Crippen LogP contribution in [0.15, 0.2) is 72.8 Å². The number of anilines is 2. The number of amides is 2. The molecule has 0 aromatic heterocycles. The highest BCUT2D eigenvalue weighted by molar-refractivity contribution is 6.35. The van der Waals surface area contributed by atoms with Crippen LogP contribution in [0.4, 0.5) is 11.4 Å². The monoisotopic (exact) mass is 781 g/mol. The Morgan fingerprint density at radius 1 is 0.466 bits per heavy atom. The number of rotatable bonds is 11. The van der Waals surface area contributed by atoms with Crippen molar-refractivity contribution >= 4 is 46.3 Å². The lowest BCUT2D eigenvalue weighted by atomic mass is 9.74. The van der Waals surface area contributed by atoms with Crippen molar-refractivity contribution in [1.82, 2.24) is 5.32 Å². The highest BCUT2D eigenvalue weighted by Gasteiger charge is 2.39. The Morgan fingerprint density at radius 3 is 1.24 bits per heavy atom. The van der Waals surface area contributed by atoms with E-state index in [1.165, 1.54) is 0 Å². The standard InChI is InChI=1S/C49H55N3O6/c1-46(2,3)26-48(7,8)24-23-36(53)51-34-21-19-28(38-40(34)44(57)32-17-13-11-15-30(32)42(38)55)29-20-22-35(52-37(54)25-50-49(9,10)27-47(4,5)6)41-39(29)43(56)31-16-12-14-18-33(31)45(41)58/h11-22,50H,23-27H2,1-10H3,(H,51,53)(H,52,54). The van der Waals surface area contributed by atoms with E-state index in [-0.39, 0.29) is 108 Å². The largest absolute Gasteiger partial charge is 0.325 e. The minimum atomic E-state index is -0.459. The predicted octanol–water partition coefficient (Wildman–Crippen LogP) is 9.83. The molecule has 302 valence electrons.